The van der Waals surface area contributed by atoms with Gasteiger partial charge in [-0.25, -0.2) is 18.4 Å². The maximum atomic E-state index is 15.0. The van der Waals surface area contributed by atoms with E-state index < -0.39 is 53.3 Å². The van der Waals surface area contributed by atoms with Gasteiger partial charge in [-0.2, -0.15) is 13.9 Å². The normalized spacial score (nSPS) is 14.7. The fourth-order valence-electron chi connectivity index (χ4n) is 2.34. The molecule has 0 aliphatic carbocycles. The number of aliphatic hydroxyl groups is 2. The average molecular weight is 390 g/mol. The van der Waals surface area contributed by atoms with Crippen LogP contribution in [0.5, 0.6) is 0 Å². The number of hydrogen-bond donors (Lipinski definition) is 3. The maximum absolute atomic E-state index is 15.0. The lowest BCUT2D eigenvalue weighted by Gasteiger charge is -2.37. The van der Waals surface area contributed by atoms with Gasteiger partial charge in [-0.3, -0.25) is 4.79 Å². The molecule has 0 bridgehead atoms. The minimum atomic E-state index is -4.58. The average Bonchev–Trinajstić information content (AvgIpc) is 3.06. The Morgan fingerprint density at radius 2 is 1.96 bits per heavy atom. The molecule has 1 aromatic heterocycles. The predicted molar refractivity (Wildman–Crippen MR) is 84.5 cm³/mol. The van der Waals surface area contributed by atoms with Crippen LogP contribution in [0.25, 0.3) is 0 Å². The Bertz CT molecular complexity index is 814. The van der Waals surface area contributed by atoms with Crippen LogP contribution in [0.1, 0.15) is 19.4 Å². The van der Waals surface area contributed by atoms with Crippen LogP contribution in [0.2, 0.25) is 0 Å². The topological polar surface area (TPSA) is 100 Å². The van der Waals surface area contributed by atoms with Crippen molar-refractivity contribution in [1.29, 1.82) is 0 Å². The summed E-state index contributed by atoms with van der Waals surface area (Å²) in [5, 5.41) is 25.4. The van der Waals surface area contributed by atoms with Crippen molar-refractivity contribution in [3.8, 4) is 0 Å². The molecule has 1 atom stereocenters. The minimum Gasteiger partial charge on any atom is -0.394 e. The summed E-state index contributed by atoms with van der Waals surface area (Å²) in [5.74, 6) is -9.04. The standard InChI is InChI=1S/C16H18F4N4O3/c1-14(2,7-25)23-13(26)16(19,20)15(27,6-24-9-21-8-22-24)11-4-3-10(17)5-12(11)18/h3-5,8-9,25,27H,6-7H2,1-2H3,(H,23,26). The van der Waals surface area contributed by atoms with Crippen molar-refractivity contribution in [1.82, 2.24) is 20.1 Å². The summed E-state index contributed by atoms with van der Waals surface area (Å²) >= 11 is 0. The first-order chi connectivity index (χ1) is 12.4. The smallest absolute Gasteiger partial charge is 0.358 e. The molecular formula is C16H18F4N4O3. The number of nitrogens with one attached hydrogen (secondary N) is 1. The van der Waals surface area contributed by atoms with Crippen molar-refractivity contribution in [2.24, 2.45) is 0 Å². The zero-order chi connectivity index (χ0) is 20.5. The Labute approximate surface area is 151 Å². The van der Waals surface area contributed by atoms with Gasteiger partial charge < -0.3 is 15.5 Å². The molecule has 0 saturated carbocycles. The van der Waals surface area contributed by atoms with Crippen LogP contribution >= 0.6 is 0 Å². The number of alkyl halides is 2. The lowest BCUT2D eigenvalue weighted by atomic mass is 9.85. The van der Waals surface area contributed by atoms with Crippen LogP contribution in [-0.4, -0.2) is 49.0 Å². The van der Waals surface area contributed by atoms with Crippen LogP contribution in [0, 0.1) is 11.6 Å². The van der Waals surface area contributed by atoms with Crippen molar-refractivity contribution in [3.63, 3.8) is 0 Å². The minimum absolute atomic E-state index is 0.313. The van der Waals surface area contributed by atoms with Gasteiger partial charge >= 0.3 is 5.92 Å². The molecule has 148 valence electrons. The van der Waals surface area contributed by atoms with E-state index in [2.05, 4.69) is 10.1 Å². The SMILES string of the molecule is CC(C)(CO)NC(=O)C(F)(F)C(O)(Cn1cncn1)c1ccc(F)cc1F. The fraction of sp³-hybridized carbons (Fsp3) is 0.438. The number of aromatic nitrogens is 3. The summed E-state index contributed by atoms with van der Waals surface area (Å²) in [6.07, 6.45) is 1.98. The van der Waals surface area contributed by atoms with Crippen molar-refractivity contribution in [3.05, 3.63) is 48.1 Å². The number of benzene rings is 1. The number of nitrogens with zero attached hydrogens (tertiary/aromatic N) is 3. The molecule has 1 heterocycles. The Kier molecular flexibility index (Phi) is 5.57. The number of halogens is 4. The van der Waals surface area contributed by atoms with Gasteiger partial charge in [0.25, 0.3) is 5.91 Å². The first kappa shape index (κ1) is 20.8. The van der Waals surface area contributed by atoms with E-state index >= 15 is 8.78 Å². The van der Waals surface area contributed by atoms with Gasteiger partial charge in [0, 0.05) is 11.6 Å². The van der Waals surface area contributed by atoms with E-state index in [4.69, 9.17) is 5.11 Å². The molecular weight excluding hydrogens is 372 g/mol. The molecule has 27 heavy (non-hydrogen) atoms. The quantitative estimate of drug-likeness (QED) is 0.612. The molecule has 1 unspecified atom stereocenters. The third-order valence-electron chi connectivity index (χ3n) is 3.89. The lowest BCUT2D eigenvalue weighted by molar-refractivity contribution is -0.204. The highest BCUT2D eigenvalue weighted by atomic mass is 19.3. The molecule has 0 aliphatic rings. The van der Waals surface area contributed by atoms with E-state index in [-0.39, 0.29) is 0 Å². The summed E-state index contributed by atoms with van der Waals surface area (Å²) in [5.41, 5.74) is -5.86. The van der Waals surface area contributed by atoms with Gasteiger partial charge in [0.15, 0.2) is 5.60 Å². The van der Waals surface area contributed by atoms with E-state index in [1.807, 2.05) is 5.32 Å². The van der Waals surface area contributed by atoms with Gasteiger partial charge in [0.2, 0.25) is 0 Å². The molecule has 7 nitrogen and oxygen atoms in total. The molecule has 0 aliphatic heterocycles. The van der Waals surface area contributed by atoms with Gasteiger partial charge in [-0.1, -0.05) is 0 Å². The summed E-state index contributed by atoms with van der Waals surface area (Å²) < 4.78 is 58.2. The number of aliphatic hydroxyl groups excluding tert-OH is 1. The third kappa shape index (κ3) is 4.08. The highest BCUT2D eigenvalue weighted by Gasteiger charge is 2.61. The van der Waals surface area contributed by atoms with Gasteiger partial charge in [-0.05, 0) is 26.0 Å². The highest BCUT2D eigenvalue weighted by Crippen LogP contribution is 2.41. The van der Waals surface area contributed by atoms with Gasteiger partial charge in [0.05, 0.1) is 18.7 Å². The maximum Gasteiger partial charge on any atom is 0.358 e. The first-order valence-electron chi connectivity index (χ1n) is 7.74. The number of carbonyl (C=O) groups excluding carboxylic acids is 1. The first-order valence-corrected chi connectivity index (χ1v) is 7.74. The molecule has 2 rings (SSSR count). The van der Waals surface area contributed by atoms with Crippen LogP contribution in [0.4, 0.5) is 17.6 Å². The zero-order valence-corrected chi connectivity index (χ0v) is 14.5. The van der Waals surface area contributed by atoms with Crippen molar-refractivity contribution in [2.45, 2.75) is 37.5 Å². The Balaban J connectivity index is 2.55. The zero-order valence-electron chi connectivity index (χ0n) is 14.5. The van der Waals surface area contributed by atoms with Crippen LogP contribution in [0.3, 0.4) is 0 Å². The van der Waals surface area contributed by atoms with Crippen molar-refractivity contribution in [2.75, 3.05) is 6.61 Å². The monoisotopic (exact) mass is 390 g/mol. The highest BCUT2D eigenvalue weighted by molar-refractivity contribution is 5.85. The fourth-order valence-corrected chi connectivity index (χ4v) is 2.34. The molecule has 0 radical (unpaired) electrons. The van der Waals surface area contributed by atoms with Gasteiger partial charge in [-0.15, -0.1) is 0 Å². The molecule has 0 saturated heterocycles. The second-order valence-electron chi connectivity index (χ2n) is 6.65. The number of rotatable bonds is 7. The molecule has 11 heteroatoms. The van der Waals surface area contributed by atoms with Crippen molar-refractivity contribution >= 4 is 5.91 Å². The molecule has 0 fully saturated rings. The Morgan fingerprint density at radius 3 is 2.48 bits per heavy atom. The van der Waals surface area contributed by atoms with E-state index in [0.717, 1.165) is 17.3 Å². The van der Waals surface area contributed by atoms with E-state index in [0.29, 0.717) is 18.2 Å². The predicted octanol–water partition coefficient (Wildman–Crippen LogP) is 0.966. The third-order valence-corrected chi connectivity index (χ3v) is 3.89. The molecule has 2 aromatic rings. The summed E-state index contributed by atoms with van der Waals surface area (Å²) in [6, 6.07) is 1.61. The largest absolute Gasteiger partial charge is 0.394 e. The van der Waals surface area contributed by atoms with E-state index in [1.54, 1.807) is 0 Å². The van der Waals surface area contributed by atoms with E-state index in [1.165, 1.54) is 13.8 Å². The number of amides is 1. The Hall–Kier alpha value is -2.53. The second-order valence-corrected chi connectivity index (χ2v) is 6.65. The van der Waals surface area contributed by atoms with Gasteiger partial charge in [0.1, 0.15) is 24.3 Å². The molecule has 1 amide bonds. The van der Waals surface area contributed by atoms with Crippen LogP contribution in [-0.2, 0) is 16.9 Å². The summed E-state index contributed by atoms with van der Waals surface area (Å²) in [7, 11) is 0. The summed E-state index contributed by atoms with van der Waals surface area (Å²) in [6.45, 7) is 0.836. The van der Waals surface area contributed by atoms with Crippen molar-refractivity contribution < 1.29 is 32.6 Å². The van der Waals surface area contributed by atoms with Crippen LogP contribution < -0.4 is 5.32 Å². The molecule has 1 aromatic carbocycles. The molecule has 3 N–H and O–H groups in total. The Morgan fingerprint density at radius 1 is 1.30 bits per heavy atom. The molecule has 0 spiro atoms. The number of carbonyl (C=O) groups is 1. The number of hydrogen-bond acceptors (Lipinski definition) is 5. The second kappa shape index (κ2) is 7.24. The van der Waals surface area contributed by atoms with E-state index in [9.17, 15) is 18.7 Å². The lowest BCUT2D eigenvalue weighted by Crippen LogP contribution is -2.61. The van der Waals surface area contributed by atoms with Crippen LogP contribution in [0.15, 0.2) is 30.9 Å². The summed E-state index contributed by atoms with van der Waals surface area (Å²) in [4.78, 5) is 15.7.